The molecule has 1 aliphatic carbocycles. The van der Waals surface area contributed by atoms with E-state index in [4.69, 9.17) is 0 Å². The van der Waals surface area contributed by atoms with Crippen LogP contribution in [0.1, 0.15) is 6.42 Å². The molecule has 1 unspecified atom stereocenters. The molecule has 2 saturated heterocycles. The number of fused-ring (bicyclic) bond motifs is 1. The number of nitrogens with one attached hydrogen (secondary N) is 1. The summed E-state index contributed by atoms with van der Waals surface area (Å²) >= 11 is 4.36. The molecule has 2 bridgehead atoms. The predicted octanol–water partition coefficient (Wildman–Crippen LogP) is 1.71. The minimum absolute atomic E-state index is 0.525. The summed E-state index contributed by atoms with van der Waals surface area (Å²) in [6.07, 6.45) is 6.20. The lowest BCUT2D eigenvalue weighted by atomic mass is 9.87. The minimum atomic E-state index is 0.525. The first kappa shape index (κ1) is 7.77. The van der Waals surface area contributed by atoms with Gasteiger partial charge in [-0.05, 0) is 12.3 Å². The Hall–Kier alpha value is 0.400. The van der Waals surface area contributed by atoms with Crippen LogP contribution in [0.5, 0.6) is 0 Å². The molecule has 3 aliphatic heterocycles. The Bertz CT molecular complexity index is 221. The van der Waals surface area contributed by atoms with Crippen LogP contribution in [0.4, 0.5) is 0 Å². The Labute approximate surface area is 81.7 Å². The second kappa shape index (κ2) is 2.69. The number of thioether (sulfide) groups is 2. The van der Waals surface area contributed by atoms with Crippen LogP contribution in [0, 0.1) is 5.92 Å². The van der Waals surface area contributed by atoms with Crippen LogP contribution in [0.25, 0.3) is 0 Å². The standard InChI is InChI=1S/C9H13NS2/c1-2-8-9(11-3-4-12-9)5-7(1)6-10-8/h1-2,7-8,10H,3-6H2/t7-,8?/m0/s1. The van der Waals surface area contributed by atoms with Crippen LogP contribution in [0.3, 0.4) is 0 Å². The van der Waals surface area contributed by atoms with Crippen LogP contribution < -0.4 is 5.32 Å². The largest absolute Gasteiger partial charge is 0.308 e. The van der Waals surface area contributed by atoms with Crippen molar-refractivity contribution in [2.45, 2.75) is 16.5 Å². The van der Waals surface area contributed by atoms with Crippen molar-refractivity contribution in [2.24, 2.45) is 5.92 Å². The molecule has 1 spiro atoms. The summed E-state index contributed by atoms with van der Waals surface area (Å²) in [6, 6.07) is 0.653. The van der Waals surface area contributed by atoms with Crippen molar-refractivity contribution in [3.63, 3.8) is 0 Å². The van der Waals surface area contributed by atoms with Gasteiger partial charge < -0.3 is 5.32 Å². The first-order chi connectivity index (χ1) is 5.89. The maximum atomic E-state index is 3.62. The molecule has 4 aliphatic rings. The second-order valence-corrected chi connectivity index (χ2v) is 6.85. The minimum Gasteiger partial charge on any atom is -0.308 e. The summed E-state index contributed by atoms with van der Waals surface area (Å²) in [5, 5.41) is 3.62. The first-order valence-corrected chi connectivity index (χ1v) is 6.56. The van der Waals surface area contributed by atoms with Gasteiger partial charge in [-0.2, -0.15) is 0 Å². The molecule has 0 radical (unpaired) electrons. The van der Waals surface area contributed by atoms with Crippen LogP contribution in [0.2, 0.25) is 0 Å². The average molecular weight is 199 g/mol. The van der Waals surface area contributed by atoms with Gasteiger partial charge in [0.15, 0.2) is 0 Å². The molecule has 66 valence electrons. The zero-order valence-corrected chi connectivity index (χ0v) is 8.59. The Morgan fingerprint density at radius 1 is 1.25 bits per heavy atom. The molecule has 0 aromatic heterocycles. The maximum absolute atomic E-state index is 3.62. The summed E-state index contributed by atoms with van der Waals surface area (Å²) in [5.41, 5.74) is 0. The van der Waals surface area contributed by atoms with Crippen molar-refractivity contribution in [2.75, 3.05) is 18.1 Å². The van der Waals surface area contributed by atoms with Crippen molar-refractivity contribution >= 4 is 23.5 Å². The summed E-state index contributed by atoms with van der Waals surface area (Å²) in [6.45, 7) is 1.21. The summed E-state index contributed by atoms with van der Waals surface area (Å²) in [5.74, 6) is 3.51. The monoisotopic (exact) mass is 199 g/mol. The molecular formula is C9H13NS2. The quantitative estimate of drug-likeness (QED) is 0.597. The van der Waals surface area contributed by atoms with E-state index < -0.39 is 0 Å². The van der Waals surface area contributed by atoms with E-state index in [1.807, 2.05) is 0 Å². The average Bonchev–Trinajstić information content (AvgIpc) is 2.55. The molecule has 2 atom stereocenters. The van der Waals surface area contributed by atoms with Gasteiger partial charge >= 0.3 is 0 Å². The lowest BCUT2D eigenvalue weighted by Crippen LogP contribution is -2.54. The van der Waals surface area contributed by atoms with E-state index >= 15 is 0 Å². The highest BCUT2D eigenvalue weighted by atomic mass is 32.2. The van der Waals surface area contributed by atoms with Crippen molar-refractivity contribution in [3.05, 3.63) is 12.2 Å². The van der Waals surface area contributed by atoms with Crippen LogP contribution in [-0.4, -0.2) is 28.2 Å². The van der Waals surface area contributed by atoms with Gasteiger partial charge in [0.05, 0.1) is 4.08 Å². The zero-order chi connectivity index (χ0) is 8.02. The van der Waals surface area contributed by atoms with Gasteiger partial charge in [0.2, 0.25) is 0 Å². The van der Waals surface area contributed by atoms with Gasteiger partial charge in [0, 0.05) is 24.1 Å². The third-order valence-corrected chi connectivity index (χ3v) is 6.57. The highest BCUT2D eigenvalue weighted by molar-refractivity contribution is 8.21. The smallest absolute Gasteiger partial charge is 0.0805 e. The van der Waals surface area contributed by atoms with Gasteiger partial charge in [0.25, 0.3) is 0 Å². The molecule has 0 aromatic rings. The molecule has 2 fully saturated rings. The number of hydrogen-bond donors (Lipinski definition) is 1. The normalized spacial score (nSPS) is 42.7. The third-order valence-electron chi connectivity index (χ3n) is 2.97. The van der Waals surface area contributed by atoms with Crippen LogP contribution >= 0.6 is 23.5 Å². The van der Waals surface area contributed by atoms with E-state index in [1.165, 1.54) is 24.5 Å². The third kappa shape index (κ3) is 0.994. The van der Waals surface area contributed by atoms with Gasteiger partial charge in [-0.1, -0.05) is 12.2 Å². The molecule has 3 heteroatoms. The SMILES string of the molecule is C1=C[C@@H]2CNC1C1(C2)SCCS1. The lowest BCUT2D eigenvalue weighted by molar-refractivity contribution is 0.355. The fraction of sp³-hybridized carbons (Fsp3) is 0.778. The fourth-order valence-corrected chi connectivity index (χ4v) is 5.92. The topological polar surface area (TPSA) is 12.0 Å². The van der Waals surface area contributed by atoms with Crippen molar-refractivity contribution in [1.29, 1.82) is 0 Å². The van der Waals surface area contributed by atoms with E-state index in [0.29, 0.717) is 10.1 Å². The fourth-order valence-electron chi connectivity index (χ4n) is 2.39. The predicted molar refractivity (Wildman–Crippen MR) is 56.7 cm³/mol. The summed E-state index contributed by atoms with van der Waals surface area (Å²) < 4.78 is 0.525. The maximum Gasteiger partial charge on any atom is 0.0805 e. The van der Waals surface area contributed by atoms with Crippen molar-refractivity contribution < 1.29 is 0 Å². The van der Waals surface area contributed by atoms with Crippen molar-refractivity contribution in [1.82, 2.24) is 5.32 Å². The molecule has 12 heavy (non-hydrogen) atoms. The number of rotatable bonds is 0. The Balaban J connectivity index is 1.93. The highest BCUT2D eigenvalue weighted by Crippen LogP contribution is 2.54. The van der Waals surface area contributed by atoms with Gasteiger partial charge in [-0.3, -0.25) is 0 Å². The first-order valence-electron chi connectivity index (χ1n) is 4.59. The van der Waals surface area contributed by atoms with E-state index in [-0.39, 0.29) is 0 Å². The van der Waals surface area contributed by atoms with Gasteiger partial charge in [0.1, 0.15) is 0 Å². The molecule has 3 heterocycles. The van der Waals surface area contributed by atoms with E-state index in [1.54, 1.807) is 0 Å². The van der Waals surface area contributed by atoms with Gasteiger partial charge in [-0.15, -0.1) is 23.5 Å². The Morgan fingerprint density at radius 2 is 2.08 bits per heavy atom. The Kier molecular flexibility index (Phi) is 1.74. The van der Waals surface area contributed by atoms with Crippen LogP contribution in [-0.2, 0) is 0 Å². The molecule has 1 N–H and O–H groups in total. The van der Waals surface area contributed by atoms with E-state index in [9.17, 15) is 0 Å². The lowest BCUT2D eigenvalue weighted by Gasteiger charge is -2.45. The van der Waals surface area contributed by atoms with Gasteiger partial charge in [-0.25, -0.2) is 0 Å². The number of hydrogen-bond acceptors (Lipinski definition) is 3. The summed E-state index contributed by atoms with van der Waals surface area (Å²) in [7, 11) is 0. The molecular weight excluding hydrogens is 186 g/mol. The Morgan fingerprint density at radius 3 is 2.58 bits per heavy atom. The van der Waals surface area contributed by atoms with Crippen molar-refractivity contribution in [3.8, 4) is 0 Å². The van der Waals surface area contributed by atoms with Crippen LogP contribution in [0.15, 0.2) is 12.2 Å². The van der Waals surface area contributed by atoms with E-state index in [0.717, 1.165) is 5.92 Å². The molecule has 0 saturated carbocycles. The summed E-state index contributed by atoms with van der Waals surface area (Å²) in [4.78, 5) is 0. The molecule has 0 aromatic carbocycles. The van der Waals surface area contributed by atoms with E-state index in [2.05, 4.69) is 41.0 Å². The number of piperidine rings is 1. The molecule has 4 rings (SSSR count). The highest BCUT2D eigenvalue weighted by Gasteiger charge is 2.47. The molecule has 0 amide bonds. The second-order valence-electron chi connectivity index (χ2n) is 3.74. The molecule has 1 nitrogen and oxygen atoms in total. The zero-order valence-electron chi connectivity index (χ0n) is 6.95.